The summed E-state index contributed by atoms with van der Waals surface area (Å²) in [6.07, 6.45) is 0. The van der Waals surface area contributed by atoms with E-state index in [2.05, 4.69) is 39.5 Å². The fourth-order valence-electron chi connectivity index (χ4n) is 2.70. The summed E-state index contributed by atoms with van der Waals surface area (Å²) < 4.78 is 0. The van der Waals surface area contributed by atoms with Crippen molar-refractivity contribution < 1.29 is 4.79 Å². The Morgan fingerprint density at radius 3 is 1.88 bits per heavy atom. The van der Waals surface area contributed by atoms with Gasteiger partial charge in [0.2, 0.25) is 0 Å². The van der Waals surface area contributed by atoms with Gasteiger partial charge in [-0.05, 0) is 32.6 Å². The molecule has 0 radical (unpaired) electrons. The van der Waals surface area contributed by atoms with Crippen LogP contribution in [-0.4, -0.2) is 28.8 Å². The van der Waals surface area contributed by atoms with Crippen LogP contribution in [0, 0.1) is 17.3 Å². The van der Waals surface area contributed by atoms with Gasteiger partial charge in [-0.2, -0.15) is 0 Å². The van der Waals surface area contributed by atoms with E-state index in [1.165, 1.54) is 0 Å². The van der Waals surface area contributed by atoms with Crippen LogP contribution in [0.1, 0.15) is 55.4 Å². The molecular formula is C15H29NO. The van der Waals surface area contributed by atoms with Gasteiger partial charge in [0.25, 0.3) is 0 Å². The Balaban J connectivity index is 3.05. The number of hydrogen-bond donors (Lipinski definition) is 0. The molecule has 0 spiro atoms. The number of ketones is 1. The lowest BCUT2D eigenvalue weighted by Crippen LogP contribution is -2.52. The van der Waals surface area contributed by atoms with Gasteiger partial charge in [0.1, 0.15) is 0 Å². The van der Waals surface area contributed by atoms with Crippen molar-refractivity contribution in [1.29, 1.82) is 0 Å². The van der Waals surface area contributed by atoms with E-state index in [4.69, 9.17) is 0 Å². The first-order valence-corrected chi connectivity index (χ1v) is 6.77. The van der Waals surface area contributed by atoms with E-state index in [1.54, 1.807) is 0 Å². The third kappa shape index (κ3) is 2.90. The van der Waals surface area contributed by atoms with Crippen molar-refractivity contribution in [2.24, 2.45) is 17.3 Å². The van der Waals surface area contributed by atoms with Gasteiger partial charge in [-0.25, -0.2) is 0 Å². The van der Waals surface area contributed by atoms with Crippen molar-refractivity contribution in [1.82, 2.24) is 4.90 Å². The summed E-state index contributed by atoms with van der Waals surface area (Å²) in [6, 6.07) is 0.0880. The molecule has 1 fully saturated rings. The molecule has 1 aliphatic heterocycles. The molecule has 0 aromatic heterocycles. The Labute approximate surface area is 107 Å². The number of carbonyl (C=O) groups excluding carboxylic acids is 1. The average molecular weight is 239 g/mol. The van der Waals surface area contributed by atoms with E-state index >= 15 is 0 Å². The molecule has 1 rings (SSSR count). The highest BCUT2D eigenvalue weighted by atomic mass is 16.1. The van der Waals surface area contributed by atoms with Gasteiger partial charge in [0.05, 0.1) is 6.04 Å². The molecule has 0 saturated carbocycles. The fraction of sp³-hybridized carbons (Fsp3) is 0.933. The molecule has 100 valence electrons. The molecule has 1 aliphatic rings. The molecule has 0 N–H and O–H groups in total. The van der Waals surface area contributed by atoms with Crippen molar-refractivity contribution >= 4 is 5.78 Å². The minimum Gasteiger partial charge on any atom is -0.297 e. The first-order chi connectivity index (χ1) is 7.46. The van der Waals surface area contributed by atoms with Crippen LogP contribution >= 0.6 is 0 Å². The third-order valence-electron chi connectivity index (χ3n) is 4.09. The normalized spacial score (nSPS) is 31.9. The van der Waals surface area contributed by atoms with Crippen LogP contribution in [0.2, 0.25) is 0 Å². The van der Waals surface area contributed by atoms with Gasteiger partial charge in [-0.1, -0.05) is 34.6 Å². The first kappa shape index (κ1) is 14.7. The van der Waals surface area contributed by atoms with E-state index in [1.807, 2.05) is 20.8 Å². The quantitative estimate of drug-likeness (QED) is 0.699. The molecule has 0 aromatic carbocycles. The Morgan fingerprint density at radius 1 is 1.06 bits per heavy atom. The second kappa shape index (κ2) is 4.38. The largest absolute Gasteiger partial charge is 0.297 e. The van der Waals surface area contributed by atoms with Gasteiger partial charge in [-0.15, -0.1) is 0 Å². The maximum absolute atomic E-state index is 12.6. The summed E-state index contributed by atoms with van der Waals surface area (Å²) in [5.74, 6) is 1.45. The minimum absolute atomic E-state index is 0.0740. The van der Waals surface area contributed by atoms with Gasteiger partial charge in [0.15, 0.2) is 5.78 Å². The highest BCUT2D eigenvalue weighted by Gasteiger charge is 2.47. The highest BCUT2D eigenvalue weighted by molar-refractivity contribution is 5.89. The van der Waals surface area contributed by atoms with E-state index in [-0.39, 0.29) is 17.0 Å². The molecule has 3 atom stereocenters. The summed E-state index contributed by atoms with van der Waals surface area (Å²) in [6.45, 7) is 18.3. The van der Waals surface area contributed by atoms with Crippen LogP contribution in [0.4, 0.5) is 0 Å². The van der Waals surface area contributed by atoms with Crippen LogP contribution < -0.4 is 0 Å². The zero-order chi connectivity index (χ0) is 13.6. The molecule has 0 amide bonds. The molecule has 2 nitrogen and oxygen atoms in total. The van der Waals surface area contributed by atoms with Gasteiger partial charge < -0.3 is 0 Å². The van der Waals surface area contributed by atoms with Crippen LogP contribution in [0.25, 0.3) is 0 Å². The molecule has 0 aromatic rings. The predicted octanol–water partition coefficient (Wildman–Crippen LogP) is 3.36. The molecule has 17 heavy (non-hydrogen) atoms. The zero-order valence-corrected chi connectivity index (χ0v) is 12.8. The van der Waals surface area contributed by atoms with Crippen molar-refractivity contribution in [2.45, 2.75) is 67.0 Å². The monoisotopic (exact) mass is 239 g/mol. The van der Waals surface area contributed by atoms with Crippen molar-refractivity contribution in [3.05, 3.63) is 0 Å². The maximum atomic E-state index is 12.6. The molecule has 1 saturated heterocycles. The maximum Gasteiger partial charge on any atom is 0.155 e. The zero-order valence-electron chi connectivity index (χ0n) is 12.8. The Morgan fingerprint density at radius 2 is 1.53 bits per heavy atom. The van der Waals surface area contributed by atoms with E-state index in [0.29, 0.717) is 17.6 Å². The van der Waals surface area contributed by atoms with Gasteiger partial charge in [0, 0.05) is 17.5 Å². The lowest BCUT2D eigenvalue weighted by atomic mass is 9.80. The standard InChI is InChI=1S/C15H29NO/c1-10-9-16(15(6,7)8)12(11(10)2)13(17)14(3,4)5/h10-12H,9H2,1-8H3. The Bertz CT molecular complexity index is 295. The smallest absolute Gasteiger partial charge is 0.155 e. The van der Waals surface area contributed by atoms with Crippen LogP contribution in [0.15, 0.2) is 0 Å². The number of Topliss-reactive ketones (excluding diaryl/α,β-unsaturated/α-hetero) is 1. The van der Waals surface area contributed by atoms with Crippen molar-refractivity contribution in [3.63, 3.8) is 0 Å². The number of rotatable bonds is 1. The lowest BCUT2D eigenvalue weighted by Gasteiger charge is -2.39. The van der Waals surface area contributed by atoms with Crippen molar-refractivity contribution in [2.75, 3.05) is 6.54 Å². The second-order valence-corrected chi connectivity index (χ2v) is 7.72. The summed E-state index contributed by atoms with van der Waals surface area (Å²) in [5.41, 5.74) is -0.170. The third-order valence-corrected chi connectivity index (χ3v) is 4.09. The van der Waals surface area contributed by atoms with E-state index in [0.717, 1.165) is 6.54 Å². The predicted molar refractivity (Wildman–Crippen MR) is 73.0 cm³/mol. The Kier molecular flexibility index (Phi) is 3.79. The number of likely N-dealkylation sites (tertiary alicyclic amines) is 1. The SMILES string of the molecule is CC1CN(C(C)(C)C)C(C(=O)C(C)(C)C)C1C. The molecular weight excluding hydrogens is 210 g/mol. The van der Waals surface area contributed by atoms with Crippen LogP contribution in [0.3, 0.4) is 0 Å². The lowest BCUT2D eigenvalue weighted by molar-refractivity contribution is -0.133. The van der Waals surface area contributed by atoms with E-state index in [9.17, 15) is 4.79 Å². The van der Waals surface area contributed by atoms with Gasteiger partial charge >= 0.3 is 0 Å². The molecule has 0 bridgehead atoms. The number of hydrogen-bond acceptors (Lipinski definition) is 2. The minimum atomic E-state index is -0.244. The van der Waals surface area contributed by atoms with Crippen LogP contribution in [-0.2, 0) is 4.79 Å². The average Bonchev–Trinajstić information content (AvgIpc) is 2.40. The number of nitrogens with zero attached hydrogens (tertiary/aromatic N) is 1. The topological polar surface area (TPSA) is 20.3 Å². The first-order valence-electron chi connectivity index (χ1n) is 6.77. The number of carbonyl (C=O) groups is 1. The highest BCUT2D eigenvalue weighted by Crippen LogP contribution is 2.38. The van der Waals surface area contributed by atoms with Gasteiger partial charge in [-0.3, -0.25) is 9.69 Å². The molecule has 0 aliphatic carbocycles. The fourth-order valence-corrected chi connectivity index (χ4v) is 2.70. The summed E-state index contributed by atoms with van der Waals surface area (Å²) in [7, 11) is 0. The summed E-state index contributed by atoms with van der Waals surface area (Å²) in [5, 5.41) is 0. The summed E-state index contributed by atoms with van der Waals surface area (Å²) >= 11 is 0. The molecule has 3 unspecified atom stereocenters. The van der Waals surface area contributed by atoms with Crippen LogP contribution in [0.5, 0.6) is 0 Å². The molecule has 2 heteroatoms. The second-order valence-electron chi connectivity index (χ2n) is 7.72. The van der Waals surface area contributed by atoms with E-state index < -0.39 is 0 Å². The van der Waals surface area contributed by atoms with Crippen molar-refractivity contribution in [3.8, 4) is 0 Å². The summed E-state index contributed by atoms with van der Waals surface area (Å²) in [4.78, 5) is 15.0. The molecule has 1 heterocycles. The Hall–Kier alpha value is -0.370.